The number of piperazine rings is 1. The van der Waals surface area contributed by atoms with Gasteiger partial charge in [-0.25, -0.2) is 0 Å². The van der Waals surface area contributed by atoms with E-state index in [1.54, 1.807) is 24.1 Å². The largest absolute Gasteiger partial charge is 0.493 e. The van der Waals surface area contributed by atoms with Crippen molar-refractivity contribution in [2.75, 3.05) is 32.8 Å². The van der Waals surface area contributed by atoms with Gasteiger partial charge in [0.2, 0.25) is 0 Å². The van der Waals surface area contributed by atoms with Gasteiger partial charge in [0.25, 0.3) is 11.6 Å². The lowest BCUT2D eigenvalue weighted by atomic mass is 10.1. The first-order valence-electron chi connectivity index (χ1n) is 8.91. The summed E-state index contributed by atoms with van der Waals surface area (Å²) in [7, 11) is 0. The second-order valence-electron chi connectivity index (χ2n) is 6.27. The van der Waals surface area contributed by atoms with Crippen LogP contribution < -0.4 is 4.74 Å². The first kappa shape index (κ1) is 18.8. The van der Waals surface area contributed by atoms with Gasteiger partial charge in [-0.3, -0.25) is 24.8 Å². The molecule has 0 N–H and O–H groups in total. The molecule has 0 radical (unpaired) electrons. The summed E-state index contributed by atoms with van der Waals surface area (Å²) >= 11 is 0. The average molecular weight is 370 g/mol. The molecule has 0 spiro atoms. The quantitative estimate of drug-likeness (QED) is 0.573. The molecule has 1 aromatic carbocycles. The minimum Gasteiger partial charge on any atom is -0.493 e. The highest BCUT2D eigenvalue weighted by Crippen LogP contribution is 2.30. The summed E-state index contributed by atoms with van der Waals surface area (Å²) < 4.78 is 5.47. The van der Waals surface area contributed by atoms with E-state index in [0.717, 1.165) is 12.1 Å². The number of hydrogen-bond acceptors (Lipinski definition) is 6. The summed E-state index contributed by atoms with van der Waals surface area (Å²) in [5.74, 6) is -0.0960. The molecule has 27 heavy (non-hydrogen) atoms. The molecule has 1 amide bonds. The van der Waals surface area contributed by atoms with Crippen LogP contribution in [0.5, 0.6) is 5.75 Å². The Hall–Kier alpha value is -3.00. The maximum atomic E-state index is 13.0. The molecule has 1 fully saturated rings. The topological polar surface area (TPSA) is 88.8 Å². The summed E-state index contributed by atoms with van der Waals surface area (Å²) in [5.41, 5.74) is 0.934. The molecule has 0 atom stereocenters. The molecule has 0 bridgehead atoms. The fraction of sp³-hybridized carbons (Fsp3) is 0.368. The molecule has 1 saturated heterocycles. The van der Waals surface area contributed by atoms with E-state index >= 15 is 0 Å². The van der Waals surface area contributed by atoms with Crippen LogP contribution >= 0.6 is 0 Å². The number of nitro groups is 1. The normalized spacial score (nSPS) is 14.8. The molecular formula is C19H22N4O4. The highest BCUT2D eigenvalue weighted by molar-refractivity contribution is 6.01. The Morgan fingerprint density at radius 2 is 2.00 bits per heavy atom. The molecule has 142 valence electrons. The summed E-state index contributed by atoms with van der Waals surface area (Å²) in [6.45, 7) is 5.31. The van der Waals surface area contributed by atoms with Gasteiger partial charge in [0.05, 0.1) is 11.5 Å². The summed E-state index contributed by atoms with van der Waals surface area (Å²) in [6, 6.07) is 8.40. The number of pyridine rings is 1. The fourth-order valence-corrected chi connectivity index (χ4v) is 3.18. The molecule has 1 aliphatic heterocycles. The lowest BCUT2D eigenvalue weighted by molar-refractivity contribution is -0.385. The molecule has 2 heterocycles. The van der Waals surface area contributed by atoms with E-state index in [4.69, 9.17) is 4.74 Å². The van der Waals surface area contributed by atoms with E-state index in [-0.39, 0.29) is 22.9 Å². The summed E-state index contributed by atoms with van der Waals surface area (Å²) in [6.07, 6.45) is 3.57. The van der Waals surface area contributed by atoms with Crippen molar-refractivity contribution in [1.29, 1.82) is 0 Å². The van der Waals surface area contributed by atoms with Crippen LogP contribution in [0.2, 0.25) is 0 Å². The first-order chi connectivity index (χ1) is 13.1. The molecule has 1 aromatic heterocycles. The van der Waals surface area contributed by atoms with Crippen LogP contribution in [-0.4, -0.2) is 58.4 Å². The zero-order chi connectivity index (χ0) is 19.2. The van der Waals surface area contributed by atoms with E-state index in [0.29, 0.717) is 32.8 Å². The second-order valence-corrected chi connectivity index (χ2v) is 6.27. The zero-order valence-electron chi connectivity index (χ0n) is 15.2. The Morgan fingerprint density at radius 1 is 1.22 bits per heavy atom. The van der Waals surface area contributed by atoms with Gasteiger partial charge in [-0.15, -0.1) is 0 Å². The van der Waals surface area contributed by atoms with E-state index in [1.807, 2.05) is 18.3 Å². The number of rotatable bonds is 6. The Labute approximate surface area is 157 Å². The highest BCUT2D eigenvalue weighted by Gasteiger charge is 2.30. The van der Waals surface area contributed by atoms with Crippen molar-refractivity contribution in [1.82, 2.24) is 14.8 Å². The number of aromatic nitrogens is 1. The van der Waals surface area contributed by atoms with Gasteiger partial charge < -0.3 is 9.64 Å². The van der Waals surface area contributed by atoms with Gasteiger partial charge in [-0.05, 0) is 24.6 Å². The molecule has 0 aliphatic carbocycles. The molecule has 0 unspecified atom stereocenters. The predicted octanol–water partition coefficient (Wildman–Crippen LogP) is 2.35. The molecule has 3 rings (SSSR count). The van der Waals surface area contributed by atoms with Gasteiger partial charge >= 0.3 is 0 Å². The van der Waals surface area contributed by atoms with Gasteiger partial charge in [0, 0.05) is 51.2 Å². The van der Waals surface area contributed by atoms with Crippen LogP contribution in [0.25, 0.3) is 0 Å². The van der Waals surface area contributed by atoms with Crippen molar-refractivity contribution in [3.8, 4) is 5.75 Å². The summed E-state index contributed by atoms with van der Waals surface area (Å²) in [4.78, 5) is 31.9. The number of benzene rings is 1. The van der Waals surface area contributed by atoms with Crippen molar-refractivity contribution in [3.05, 3.63) is 64.0 Å². The molecular weight excluding hydrogens is 348 g/mol. The van der Waals surface area contributed by atoms with Crippen LogP contribution in [0.15, 0.2) is 42.7 Å². The molecule has 2 aromatic rings. The van der Waals surface area contributed by atoms with Crippen molar-refractivity contribution in [2.45, 2.75) is 13.5 Å². The minimum atomic E-state index is -0.533. The van der Waals surface area contributed by atoms with Gasteiger partial charge in [0.1, 0.15) is 5.75 Å². The third kappa shape index (κ3) is 4.40. The number of ether oxygens (including phenoxy) is 1. The third-order valence-corrected chi connectivity index (χ3v) is 4.50. The number of carbonyl (C=O) groups excluding carboxylic acids is 1. The number of nitro benzene ring substituents is 1. The van der Waals surface area contributed by atoms with E-state index in [2.05, 4.69) is 9.88 Å². The lowest BCUT2D eigenvalue weighted by Crippen LogP contribution is -2.48. The van der Waals surface area contributed by atoms with Crippen molar-refractivity contribution in [2.24, 2.45) is 0 Å². The second kappa shape index (κ2) is 8.59. The van der Waals surface area contributed by atoms with Gasteiger partial charge in [-0.2, -0.15) is 0 Å². The van der Waals surface area contributed by atoms with Crippen LogP contribution in [-0.2, 0) is 6.54 Å². The highest BCUT2D eigenvalue weighted by atomic mass is 16.6. The molecule has 1 aliphatic rings. The third-order valence-electron chi connectivity index (χ3n) is 4.50. The molecule has 0 saturated carbocycles. The van der Waals surface area contributed by atoms with E-state index < -0.39 is 4.92 Å². The maximum Gasteiger partial charge on any atom is 0.285 e. The fourth-order valence-electron chi connectivity index (χ4n) is 3.18. The van der Waals surface area contributed by atoms with Gasteiger partial charge in [-0.1, -0.05) is 12.1 Å². The number of hydrogen-bond donors (Lipinski definition) is 0. The molecule has 8 nitrogen and oxygen atoms in total. The number of carbonyl (C=O) groups is 1. The summed E-state index contributed by atoms with van der Waals surface area (Å²) in [5, 5.41) is 11.4. The lowest BCUT2D eigenvalue weighted by Gasteiger charge is -2.34. The Kier molecular flexibility index (Phi) is 5.97. The van der Waals surface area contributed by atoms with Crippen LogP contribution in [0, 0.1) is 10.1 Å². The number of amides is 1. The zero-order valence-corrected chi connectivity index (χ0v) is 15.2. The Balaban J connectivity index is 1.71. The van der Waals surface area contributed by atoms with Gasteiger partial charge in [0.15, 0.2) is 5.56 Å². The average Bonchev–Trinajstić information content (AvgIpc) is 2.69. The maximum absolute atomic E-state index is 13.0. The standard InChI is InChI=1S/C19H22N4O4/c1-2-27-17-7-3-6-16(23(25)26)18(17)19(24)22-11-9-21(10-12-22)14-15-5-4-8-20-13-15/h3-8,13H,2,9-12,14H2,1H3. The van der Waals surface area contributed by atoms with Crippen molar-refractivity contribution < 1.29 is 14.5 Å². The molecule has 8 heteroatoms. The Morgan fingerprint density at radius 3 is 2.63 bits per heavy atom. The number of nitrogens with zero attached hydrogens (tertiary/aromatic N) is 4. The van der Waals surface area contributed by atoms with Crippen molar-refractivity contribution >= 4 is 11.6 Å². The minimum absolute atomic E-state index is 0.0325. The monoisotopic (exact) mass is 370 g/mol. The smallest absolute Gasteiger partial charge is 0.285 e. The first-order valence-corrected chi connectivity index (χ1v) is 8.91. The van der Waals surface area contributed by atoms with E-state index in [1.165, 1.54) is 12.1 Å². The van der Waals surface area contributed by atoms with Crippen LogP contribution in [0.4, 0.5) is 5.69 Å². The van der Waals surface area contributed by atoms with E-state index in [9.17, 15) is 14.9 Å². The SMILES string of the molecule is CCOc1cccc([N+](=O)[O-])c1C(=O)N1CCN(Cc2cccnc2)CC1. The Bertz CT molecular complexity index is 805. The van der Waals surface area contributed by atoms with Crippen molar-refractivity contribution in [3.63, 3.8) is 0 Å². The van der Waals surface area contributed by atoms with Crippen LogP contribution in [0.3, 0.4) is 0 Å². The predicted molar refractivity (Wildman–Crippen MR) is 99.7 cm³/mol. The van der Waals surface area contributed by atoms with Crippen LogP contribution in [0.1, 0.15) is 22.8 Å².